The van der Waals surface area contributed by atoms with E-state index in [1.54, 1.807) is 24.3 Å². The molecule has 0 aliphatic carbocycles. The number of ketones is 1. The zero-order valence-electron chi connectivity index (χ0n) is 11.3. The van der Waals surface area contributed by atoms with Gasteiger partial charge in [-0.05, 0) is 6.42 Å². The van der Waals surface area contributed by atoms with E-state index in [0.717, 1.165) is 6.42 Å². The number of carbonyl (C=O) groups is 2. The summed E-state index contributed by atoms with van der Waals surface area (Å²) in [5, 5.41) is 0. The van der Waals surface area contributed by atoms with Gasteiger partial charge in [0.25, 0.3) is 0 Å². The third-order valence-corrected chi connectivity index (χ3v) is 2.72. The first kappa shape index (κ1) is 15.0. The van der Waals surface area contributed by atoms with Gasteiger partial charge < -0.3 is 4.74 Å². The lowest BCUT2D eigenvalue weighted by Gasteiger charge is -2.12. The van der Waals surface area contributed by atoms with E-state index in [2.05, 4.69) is 11.8 Å². The van der Waals surface area contributed by atoms with Crippen LogP contribution < -0.4 is 0 Å². The van der Waals surface area contributed by atoms with Crippen LogP contribution in [0.1, 0.15) is 36.5 Å². The van der Waals surface area contributed by atoms with Crippen molar-refractivity contribution >= 4 is 11.8 Å². The van der Waals surface area contributed by atoms with Crippen LogP contribution in [0.5, 0.6) is 0 Å². The number of hydrogen-bond acceptors (Lipinski definition) is 3. The Kier molecular flexibility index (Phi) is 6.38. The molecule has 0 amide bonds. The van der Waals surface area contributed by atoms with Crippen LogP contribution in [0, 0.1) is 17.8 Å². The molecule has 0 aliphatic heterocycles. The number of esters is 1. The zero-order valence-corrected chi connectivity index (χ0v) is 11.3. The Labute approximate surface area is 114 Å². The number of Topliss-reactive ketones (excluding diaryl/α,β-unsaturated/α-hetero) is 1. The maximum Gasteiger partial charge on any atom is 0.316 e. The summed E-state index contributed by atoms with van der Waals surface area (Å²) < 4.78 is 4.70. The molecular formula is C16H18O3. The number of hydrogen-bond donors (Lipinski definition) is 0. The van der Waals surface area contributed by atoms with E-state index in [-0.39, 0.29) is 5.78 Å². The molecule has 0 saturated carbocycles. The van der Waals surface area contributed by atoms with Gasteiger partial charge in [-0.2, -0.15) is 0 Å². The van der Waals surface area contributed by atoms with Gasteiger partial charge in [0.1, 0.15) is 5.92 Å². The van der Waals surface area contributed by atoms with E-state index in [9.17, 15) is 9.59 Å². The molecule has 0 bridgehead atoms. The Bertz CT molecular complexity index is 480. The minimum Gasteiger partial charge on any atom is -0.468 e. The minimum absolute atomic E-state index is 0.203. The van der Waals surface area contributed by atoms with Crippen molar-refractivity contribution in [3.8, 4) is 11.8 Å². The fourth-order valence-electron chi connectivity index (χ4n) is 1.73. The maximum atomic E-state index is 12.3. The Morgan fingerprint density at radius 3 is 2.47 bits per heavy atom. The Morgan fingerprint density at radius 2 is 1.89 bits per heavy atom. The van der Waals surface area contributed by atoms with E-state index in [4.69, 9.17) is 4.74 Å². The third kappa shape index (κ3) is 4.59. The summed E-state index contributed by atoms with van der Waals surface area (Å²) in [6, 6.07) is 8.79. The van der Waals surface area contributed by atoms with Crippen LogP contribution in [-0.4, -0.2) is 18.9 Å². The van der Waals surface area contributed by atoms with Crippen molar-refractivity contribution in [2.45, 2.75) is 26.2 Å². The monoisotopic (exact) mass is 258 g/mol. The molecule has 0 aliphatic rings. The average molecular weight is 258 g/mol. The Hall–Kier alpha value is -2.08. The summed E-state index contributed by atoms with van der Waals surface area (Å²) in [6.45, 7) is 1.96. The van der Waals surface area contributed by atoms with Crippen molar-refractivity contribution in [3.05, 3.63) is 35.9 Å². The topological polar surface area (TPSA) is 43.4 Å². The van der Waals surface area contributed by atoms with E-state index in [1.165, 1.54) is 7.11 Å². The average Bonchev–Trinajstić information content (AvgIpc) is 2.47. The van der Waals surface area contributed by atoms with Gasteiger partial charge in [-0.15, -0.1) is 11.8 Å². The molecule has 0 fully saturated rings. The van der Waals surface area contributed by atoms with Crippen molar-refractivity contribution in [2.75, 3.05) is 7.11 Å². The number of ether oxygens (including phenoxy) is 1. The predicted octanol–water partition coefficient (Wildman–Crippen LogP) is 2.85. The fraction of sp³-hybridized carbons (Fsp3) is 0.375. The van der Waals surface area contributed by atoms with Crippen LogP contribution in [0.15, 0.2) is 30.3 Å². The second-order valence-electron chi connectivity index (χ2n) is 4.05. The molecule has 1 atom stereocenters. The van der Waals surface area contributed by atoms with Gasteiger partial charge in [0, 0.05) is 18.4 Å². The minimum atomic E-state index is -0.765. The first-order chi connectivity index (χ1) is 9.20. The van der Waals surface area contributed by atoms with Crippen LogP contribution in [0.25, 0.3) is 0 Å². The predicted molar refractivity (Wildman–Crippen MR) is 73.6 cm³/mol. The Balaban J connectivity index is 2.79. The van der Waals surface area contributed by atoms with Gasteiger partial charge in [-0.3, -0.25) is 9.59 Å². The zero-order chi connectivity index (χ0) is 14.1. The van der Waals surface area contributed by atoms with Crippen LogP contribution in [-0.2, 0) is 9.53 Å². The molecule has 0 spiro atoms. The van der Waals surface area contributed by atoms with Crippen LogP contribution >= 0.6 is 0 Å². The van der Waals surface area contributed by atoms with Gasteiger partial charge >= 0.3 is 5.97 Å². The third-order valence-electron chi connectivity index (χ3n) is 2.72. The molecule has 19 heavy (non-hydrogen) atoms. The summed E-state index contributed by atoms with van der Waals surface area (Å²) in [6.07, 6.45) is 1.69. The molecule has 0 N–H and O–H groups in total. The highest BCUT2D eigenvalue weighted by molar-refractivity contribution is 6.08. The van der Waals surface area contributed by atoms with Gasteiger partial charge in [-0.25, -0.2) is 0 Å². The van der Waals surface area contributed by atoms with Crippen LogP contribution in [0.4, 0.5) is 0 Å². The molecule has 1 aromatic rings. The highest BCUT2D eigenvalue weighted by Crippen LogP contribution is 2.15. The number of carbonyl (C=O) groups excluding carboxylic acids is 2. The molecule has 3 heteroatoms. The summed E-state index contributed by atoms with van der Waals surface area (Å²) in [7, 11) is 1.30. The van der Waals surface area contributed by atoms with Gasteiger partial charge in [-0.1, -0.05) is 37.3 Å². The van der Waals surface area contributed by atoms with E-state index >= 15 is 0 Å². The van der Waals surface area contributed by atoms with Crippen LogP contribution in [0.3, 0.4) is 0 Å². The van der Waals surface area contributed by atoms with Crippen LogP contribution in [0.2, 0.25) is 0 Å². The molecule has 1 aromatic carbocycles. The maximum absolute atomic E-state index is 12.3. The molecule has 100 valence electrons. The second kappa shape index (κ2) is 8.10. The highest BCUT2D eigenvalue weighted by Gasteiger charge is 2.27. The van der Waals surface area contributed by atoms with Crippen molar-refractivity contribution in [3.63, 3.8) is 0 Å². The highest BCUT2D eigenvalue weighted by atomic mass is 16.5. The number of rotatable bonds is 5. The summed E-state index contributed by atoms with van der Waals surface area (Å²) in [4.78, 5) is 24.0. The molecule has 1 rings (SSSR count). The molecule has 0 heterocycles. The largest absolute Gasteiger partial charge is 0.468 e. The Morgan fingerprint density at radius 1 is 1.21 bits per heavy atom. The lowest BCUT2D eigenvalue weighted by atomic mass is 9.93. The second-order valence-corrected chi connectivity index (χ2v) is 4.05. The first-order valence-corrected chi connectivity index (χ1v) is 6.33. The molecule has 0 radical (unpaired) electrons. The molecule has 1 unspecified atom stereocenters. The fourth-order valence-corrected chi connectivity index (χ4v) is 1.73. The van der Waals surface area contributed by atoms with Crippen molar-refractivity contribution in [1.82, 2.24) is 0 Å². The normalized spacial score (nSPS) is 11.1. The van der Waals surface area contributed by atoms with Gasteiger partial charge in [0.05, 0.1) is 7.11 Å². The van der Waals surface area contributed by atoms with E-state index in [0.29, 0.717) is 18.4 Å². The molecule has 3 nitrogen and oxygen atoms in total. The number of methoxy groups -OCH3 is 1. The van der Waals surface area contributed by atoms with Gasteiger partial charge in [0.15, 0.2) is 5.78 Å². The lowest BCUT2D eigenvalue weighted by molar-refractivity contribution is -0.143. The lowest BCUT2D eigenvalue weighted by Crippen LogP contribution is -2.25. The van der Waals surface area contributed by atoms with Gasteiger partial charge in [0.2, 0.25) is 0 Å². The van der Waals surface area contributed by atoms with Crippen molar-refractivity contribution < 1.29 is 14.3 Å². The van der Waals surface area contributed by atoms with E-state index in [1.807, 2.05) is 13.0 Å². The standard InChI is InChI=1S/C16H18O3/c1-3-4-5-9-12-14(16(18)19-2)15(17)13-10-7-6-8-11-13/h6-8,10-11,14H,3,9,12H2,1-2H3. The SMILES string of the molecule is CCC#CCCC(C(=O)OC)C(=O)c1ccccc1. The number of benzene rings is 1. The quantitative estimate of drug-likeness (QED) is 0.353. The van der Waals surface area contributed by atoms with Crippen molar-refractivity contribution in [2.24, 2.45) is 5.92 Å². The molecule has 0 saturated heterocycles. The molecule has 0 aromatic heterocycles. The summed E-state index contributed by atoms with van der Waals surface area (Å²) >= 11 is 0. The molecular weight excluding hydrogens is 240 g/mol. The van der Waals surface area contributed by atoms with Crippen molar-refractivity contribution in [1.29, 1.82) is 0 Å². The summed E-state index contributed by atoms with van der Waals surface area (Å²) in [5.74, 6) is 4.41. The van der Waals surface area contributed by atoms with E-state index < -0.39 is 11.9 Å². The smallest absolute Gasteiger partial charge is 0.316 e. The first-order valence-electron chi connectivity index (χ1n) is 6.33. The summed E-state index contributed by atoms with van der Waals surface area (Å²) in [5.41, 5.74) is 0.529.